The first kappa shape index (κ1) is 35.0. The predicted molar refractivity (Wildman–Crippen MR) is 230 cm³/mol. The summed E-state index contributed by atoms with van der Waals surface area (Å²) < 4.78 is 61.8. The van der Waals surface area contributed by atoms with Crippen LogP contribution in [0.25, 0.3) is 54.6 Å². The van der Waals surface area contributed by atoms with Gasteiger partial charge in [0, 0.05) is 34.3 Å². The van der Waals surface area contributed by atoms with E-state index in [1.165, 1.54) is 12.1 Å². The molecule has 278 valence electrons. The molecule has 0 aliphatic rings. The Morgan fingerprint density at radius 1 is 0.293 bits per heavy atom. The van der Waals surface area contributed by atoms with E-state index < -0.39 is 23.3 Å². The maximum atomic E-state index is 15.9. The summed E-state index contributed by atoms with van der Waals surface area (Å²) in [4.78, 5) is 3.51. The third-order valence-corrected chi connectivity index (χ3v) is 10.9. The second kappa shape index (κ2) is 14.3. The van der Waals surface area contributed by atoms with Gasteiger partial charge in [0.25, 0.3) is 0 Å². The first-order chi connectivity index (χ1) is 28.4. The standard InChI is InChI=1S/C52H32F4N2/c53-39-19-27-45(55)49(31-39)57(41-21-11-35(12-22-41)33-7-3-1-4-8-33)47-29-17-37-16-26-44-48(30-18-38-15-25-43(47)51(37)52(38)44)58(50-32-40(54)20-28-46(50)56)42-23-13-36(14-24-42)34-9-5-2-6-10-34/h1-32H. The minimum Gasteiger partial charge on any atom is -0.307 e. The summed E-state index contributed by atoms with van der Waals surface area (Å²) in [7, 11) is 0. The number of anilines is 6. The molecule has 6 heteroatoms. The van der Waals surface area contributed by atoms with Gasteiger partial charge in [-0.3, -0.25) is 0 Å². The number of rotatable bonds is 8. The molecule has 0 spiro atoms. The quantitative estimate of drug-likeness (QED) is 0.112. The van der Waals surface area contributed by atoms with Crippen LogP contribution in [0.5, 0.6) is 0 Å². The van der Waals surface area contributed by atoms with Crippen molar-refractivity contribution in [1.82, 2.24) is 0 Å². The van der Waals surface area contributed by atoms with Gasteiger partial charge in [-0.05, 0) is 104 Å². The first-order valence-electron chi connectivity index (χ1n) is 18.9. The minimum atomic E-state index is -0.576. The lowest BCUT2D eigenvalue weighted by Gasteiger charge is -2.29. The highest BCUT2D eigenvalue weighted by molar-refractivity contribution is 6.28. The zero-order valence-electron chi connectivity index (χ0n) is 30.9. The van der Waals surface area contributed by atoms with Gasteiger partial charge in [-0.25, -0.2) is 17.6 Å². The maximum absolute atomic E-state index is 15.9. The fourth-order valence-electron chi connectivity index (χ4n) is 8.16. The van der Waals surface area contributed by atoms with E-state index in [4.69, 9.17) is 0 Å². The summed E-state index contributed by atoms with van der Waals surface area (Å²) in [5.41, 5.74) is 6.76. The van der Waals surface area contributed by atoms with E-state index in [2.05, 4.69) is 0 Å². The van der Waals surface area contributed by atoms with Crippen LogP contribution in [0.3, 0.4) is 0 Å². The largest absolute Gasteiger partial charge is 0.307 e. The summed E-state index contributed by atoms with van der Waals surface area (Å²) in [5.74, 6) is -2.28. The van der Waals surface area contributed by atoms with Gasteiger partial charge in [-0.15, -0.1) is 0 Å². The number of hydrogen-bond acceptors (Lipinski definition) is 2. The lowest BCUT2D eigenvalue weighted by Crippen LogP contribution is -2.13. The summed E-state index contributed by atoms with van der Waals surface area (Å²) in [6, 6.07) is 58.3. The molecular formula is C52H32F4N2. The average Bonchev–Trinajstić information content (AvgIpc) is 3.27. The molecule has 58 heavy (non-hydrogen) atoms. The predicted octanol–water partition coefficient (Wildman–Crippen LogP) is 15.4. The molecule has 0 N–H and O–H groups in total. The minimum absolute atomic E-state index is 0.0647. The van der Waals surface area contributed by atoms with Crippen LogP contribution in [0, 0.1) is 23.3 Å². The van der Waals surface area contributed by atoms with Crippen molar-refractivity contribution in [2.45, 2.75) is 0 Å². The van der Waals surface area contributed by atoms with Crippen LogP contribution in [0.1, 0.15) is 0 Å². The van der Waals surface area contributed by atoms with Gasteiger partial charge >= 0.3 is 0 Å². The highest BCUT2D eigenvalue weighted by Gasteiger charge is 2.24. The van der Waals surface area contributed by atoms with E-state index >= 15 is 8.78 Å². The van der Waals surface area contributed by atoms with Gasteiger partial charge in [-0.1, -0.05) is 121 Å². The lowest BCUT2D eigenvalue weighted by molar-refractivity contribution is 0.601. The van der Waals surface area contributed by atoms with Crippen LogP contribution in [0.4, 0.5) is 51.7 Å². The van der Waals surface area contributed by atoms with Crippen molar-refractivity contribution in [3.8, 4) is 22.3 Å². The molecule has 10 aromatic rings. The van der Waals surface area contributed by atoms with Crippen LogP contribution >= 0.6 is 0 Å². The van der Waals surface area contributed by atoms with Crippen molar-refractivity contribution < 1.29 is 17.6 Å². The number of hydrogen-bond donors (Lipinski definition) is 0. The Morgan fingerprint density at radius 3 is 1.05 bits per heavy atom. The lowest BCUT2D eigenvalue weighted by atomic mass is 9.91. The Bertz CT molecular complexity index is 2880. The van der Waals surface area contributed by atoms with Crippen molar-refractivity contribution in [1.29, 1.82) is 0 Å². The molecule has 0 amide bonds. The van der Waals surface area contributed by atoms with Crippen LogP contribution in [0.15, 0.2) is 194 Å². The zero-order chi connectivity index (χ0) is 39.3. The van der Waals surface area contributed by atoms with Crippen molar-refractivity contribution >= 4 is 66.4 Å². The zero-order valence-corrected chi connectivity index (χ0v) is 30.9. The highest BCUT2D eigenvalue weighted by atomic mass is 19.1. The number of benzene rings is 10. The number of nitrogens with zero attached hydrogens (tertiary/aromatic N) is 2. The van der Waals surface area contributed by atoms with Gasteiger partial charge in [0.1, 0.15) is 23.3 Å². The summed E-state index contributed by atoms with van der Waals surface area (Å²) in [5, 5.41) is 5.28. The van der Waals surface area contributed by atoms with Gasteiger partial charge in [-0.2, -0.15) is 0 Å². The fraction of sp³-hybridized carbons (Fsp3) is 0. The Kier molecular flexibility index (Phi) is 8.60. The maximum Gasteiger partial charge on any atom is 0.147 e. The average molecular weight is 761 g/mol. The number of halogens is 4. The summed E-state index contributed by atoms with van der Waals surface area (Å²) in [6.45, 7) is 0. The Hall–Kier alpha value is -7.44. The third-order valence-electron chi connectivity index (χ3n) is 10.9. The highest BCUT2D eigenvalue weighted by Crippen LogP contribution is 2.48. The molecule has 0 bridgehead atoms. The van der Waals surface area contributed by atoms with Crippen molar-refractivity contribution in [2.24, 2.45) is 0 Å². The molecule has 0 atom stereocenters. The van der Waals surface area contributed by atoms with Crippen LogP contribution < -0.4 is 9.80 Å². The molecule has 0 saturated heterocycles. The van der Waals surface area contributed by atoms with Crippen molar-refractivity contribution in [3.63, 3.8) is 0 Å². The smallest absolute Gasteiger partial charge is 0.147 e. The topological polar surface area (TPSA) is 6.48 Å². The van der Waals surface area contributed by atoms with Crippen LogP contribution in [0.2, 0.25) is 0 Å². The summed E-state index contributed by atoms with van der Waals surface area (Å²) in [6.07, 6.45) is 0. The van der Waals surface area contributed by atoms with Crippen LogP contribution in [-0.2, 0) is 0 Å². The van der Waals surface area contributed by atoms with Gasteiger partial charge in [0.2, 0.25) is 0 Å². The van der Waals surface area contributed by atoms with Gasteiger partial charge in [0.15, 0.2) is 0 Å². The Balaban J connectivity index is 1.19. The van der Waals surface area contributed by atoms with E-state index in [0.29, 0.717) is 22.7 Å². The molecule has 0 aliphatic carbocycles. The second-order valence-electron chi connectivity index (χ2n) is 14.3. The first-order valence-corrected chi connectivity index (χ1v) is 18.9. The van der Waals surface area contributed by atoms with E-state index in [9.17, 15) is 8.78 Å². The Labute approximate surface area is 332 Å². The molecule has 0 saturated carbocycles. The second-order valence-corrected chi connectivity index (χ2v) is 14.3. The molecular weight excluding hydrogens is 729 g/mol. The molecule has 10 aromatic carbocycles. The van der Waals surface area contributed by atoms with E-state index in [1.807, 2.05) is 158 Å². The monoisotopic (exact) mass is 760 g/mol. The van der Waals surface area contributed by atoms with Crippen LogP contribution in [-0.4, -0.2) is 0 Å². The SMILES string of the molecule is Fc1ccc(F)c(N(c2ccc(-c3ccccc3)cc2)c2ccc3ccc4c(N(c5ccc(-c6ccccc6)cc5)c5cc(F)ccc5F)ccc5ccc2c3c54)c1. The van der Waals surface area contributed by atoms with Crippen molar-refractivity contribution in [2.75, 3.05) is 9.80 Å². The molecule has 2 nitrogen and oxygen atoms in total. The Morgan fingerprint density at radius 2 is 0.655 bits per heavy atom. The van der Waals surface area contributed by atoms with E-state index in [-0.39, 0.29) is 11.4 Å². The normalized spacial score (nSPS) is 11.4. The van der Waals surface area contributed by atoms with Gasteiger partial charge < -0.3 is 9.80 Å². The van der Waals surface area contributed by atoms with Crippen molar-refractivity contribution in [3.05, 3.63) is 217 Å². The molecule has 0 aromatic heterocycles. The molecule has 0 heterocycles. The molecule has 0 unspecified atom stereocenters. The molecule has 0 fully saturated rings. The van der Waals surface area contributed by atoms with E-state index in [1.54, 1.807) is 9.80 Å². The molecule has 0 aliphatic heterocycles. The summed E-state index contributed by atoms with van der Waals surface area (Å²) >= 11 is 0. The fourth-order valence-corrected chi connectivity index (χ4v) is 8.16. The third kappa shape index (κ3) is 6.07. The van der Waals surface area contributed by atoms with E-state index in [0.717, 1.165) is 78.8 Å². The van der Waals surface area contributed by atoms with Gasteiger partial charge in [0.05, 0.1) is 22.7 Å². The molecule has 0 radical (unpaired) electrons. The molecule has 10 rings (SSSR count).